The molecule has 1 heteroatoms. The molecule has 0 spiro atoms. The van der Waals surface area contributed by atoms with Gasteiger partial charge in [-0.25, -0.2) is 0 Å². The Balaban J connectivity index is 2.28. The molecule has 44 valence electrons. The maximum Gasteiger partial charge on any atom is 0.0260 e. The van der Waals surface area contributed by atoms with Crippen LogP contribution in [-0.2, 0) is 0 Å². The highest BCUT2D eigenvalue weighted by Crippen LogP contribution is 2.13. The number of hydrogen-bond acceptors (Lipinski definition) is 0. The quantitative estimate of drug-likeness (QED) is 0.502. The second kappa shape index (κ2) is 2.93. The Morgan fingerprint density at radius 3 is 3.00 bits per heavy atom. The van der Waals surface area contributed by atoms with E-state index in [4.69, 9.17) is 11.6 Å². The maximum absolute atomic E-state index is 5.51. The predicted molar refractivity (Wildman–Crippen MR) is 37.2 cm³/mol. The highest BCUT2D eigenvalue weighted by atomic mass is 35.5. The lowest BCUT2D eigenvalue weighted by molar-refractivity contribution is 1.06. The summed E-state index contributed by atoms with van der Waals surface area (Å²) in [6.45, 7) is 0. The summed E-state index contributed by atoms with van der Waals surface area (Å²) in [7, 11) is 0. The lowest BCUT2D eigenvalue weighted by Crippen LogP contribution is -1.77. The van der Waals surface area contributed by atoms with E-state index in [9.17, 15) is 0 Å². The van der Waals surface area contributed by atoms with Gasteiger partial charge in [-0.2, -0.15) is 0 Å². The van der Waals surface area contributed by atoms with Crippen LogP contribution in [0.2, 0.25) is 0 Å². The summed E-state index contributed by atoms with van der Waals surface area (Å²) in [6.07, 6.45) is 8.55. The predicted octanol–water partition coefficient (Wildman–Crippen LogP) is 2.50. The van der Waals surface area contributed by atoms with E-state index in [1.807, 2.05) is 0 Å². The molecule has 1 rings (SSSR count). The summed E-state index contributed by atoms with van der Waals surface area (Å²) in [4.78, 5) is 0. The van der Waals surface area contributed by atoms with Gasteiger partial charge in [0.1, 0.15) is 0 Å². The summed E-state index contributed by atoms with van der Waals surface area (Å²) >= 11 is 5.51. The fourth-order valence-corrected chi connectivity index (χ4v) is 1.04. The molecule has 0 aromatic heterocycles. The van der Waals surface area contributed by atoms with E-state index in [1.54, 1.807) is 0 Å². The Morgan fingerprint density at radius 2 is 2.50 bits per heavy atom. The van der Waals surface area contributed by atoms with Crippen LogP contribution in [-0.4, -0.2) is 5.88 Å². The molecule has 0 N–H and O–H groups in total. The van der Waals surface area contributed by atoms with Crippen molar-refractivity contribution in [1.29, 1.82) is 0 Å². The Labute approximate surface area is 54.8 Å². The van der Waals surface area contributed by atoms with Crippen molar-refractivity contribution in [2.45, 2.75) is 12.8 Å². The van der Waals surface area contributed by atoms with Crippen molar-refractivity contribution in [3.8, 4) is 0 Å². The van der Waals surface area contributed by atoms with Crippen LogP contribution in [0.4, 0.5) is 0 Å². The first-order valence-electron chi connectivity index (χ1n) is 2.84. The van der Waals surface area contributed by atoms with Gasteiger partial charge in [-0.3, -0.25) is 0 Å². The highest BCUT2D eigenvalue weighted by Gasteiger charge is 1.95. The zero-order valence-corrected chi connectivity index (χ0v) is 5.49. The van der Waals surface area contributed by atoms with Gasteiger partial charge in [0.2, 0.25) is 0 Å². The minimum atomic E-state index is 0.757. The van der Waals surface area contributed by atoms with Crippen LogP contribution in [0.5, 0.6) is 0 Å². The van der Waals surface area contributed by atoms with E-state index in [0.717, 1.165) is 18.7 Å². The smallest absolute Gasteiger partial charge is 0.0260 e. The molecule has 0 amide bonds. The van der Waals surface area contributed by atoms with Crippen molar-refractivity contribution < 1.29 is 0 Å². The first-order chi connectivity index (χ1) is 3.93. The summed E-state index contributed by atoms with van der Waals surface area (Å²) in [5, 5.41) is 0. The molecule has 1 aliphatic carbocycles. The van der Waals surface area contributed by atoms with Gasteiger partial charge in [0.05, 0.1) is 0 Å². The van der Waals surface area contributed by atoms with Crippen LogP contribution in [0.25, 0.3) is 0 Å². The van der Waals surface area contributed by atoms with Crippen LogP contribution < -0.4 is 0 Å². The maximum atomic E-state index is 5.51. The molecule has 0 heterocycles. The molecule has 0 radical (unpaired) electrons. The van der Waals surface area contributed by atoms with Gasteiger partial charge in [0, 0.05) is 5.88 Å². The fraction of sp³-hybridized carbons (Fsp3) is 0.429. The highest BCUT2D eigenvalue weighted by molar-refractivity contribution is 6.18. The Morgan fingerprint density at radius 1 is 1.62 bits per heavy atom. The van der Waals surface area contributed by atoms with Crippen molar-refractivity contribution in [2.24, 2.45) is 0 Å². The van der Waals surface area contributed by atoms with Gasteiger partial charge < -0.3 is 0 Å². The van der Waals surface area contributed by atoms with Crippen LogP contribution in [0.3, 0.4) is 0 Å². The summed E-state index contributed by atoms with van der Waals surface area (Å²) in [6, 6.07) is 0. The number of halogens is 1. The van der Waals surface area contributed by atoms with E-state index in [2.05, 4.69) is 18.2 Å². The Bertz CT molecular complexity index is 122. The lowest BCUT2D eigenvalue weighted by Gasteiger charge is -1.92. The molecule has 0 nitrogen and oxygen atoms in total. The Hall–Kier alpha value is -0.230. The second-order valence-corrected chi connectivity index (χ2v) is 2.27. The van der Waals surface area contributed by atoms with Crippen LogP contribution in [0.15, 0.2) is 23.8 Å². The number of hydrogen-bond donors (Lipinski definition) is 0. The van der Waals surface area contributed by atoms with Gasteiger partial charge in [0.15, 0.2) is 0 Å². The molecule has 1 aliphatic rings. The van der Waals surface area contributed by atoms with Gasteiger partial charge in [-0.05, 0) is 12.8 Å². The normalized spacial score (nSPS) is 16.9. The summed E-state index contributed by atoms with van der Waals surface area (Å²) in [5.74, 6) is 0.757. The largest absolute Gasteiger partial charge is 0.126 e. The van der Waals surface area contributed by atoms with Crippen molar-refractivity contribution in [3.63, 3.8) is 0 Å². The molecule has 0 aliphatic heterocycles. The van der Waals surface area contributed by atoms with Gasteiger partial charge in [-0.1, -0.05) is 23.8 Å². The monoisotopic (exact) mass is 128 g/mol. The zero-order chi connectivity index (χ0) is 5.82. The summed E-state index contributed by atoms with van der Waals surface area (Å²) in [5.41, 5.74) is 1.46. The average molecular weight is 129 g/mol. The molecule has 0 aromatic rings. The first kappa shape index (κ1) is 5.90. The standard InChI is InChI=1S/C7H9Cl/c8-6-5-7-3-1-2-4-7/h1-3H,4-6H2. The minimum absolute atomic E-state index is 0.757. The molecular formula is C7H9Cl. The Kier molecular flexibility index (Phi) is 2.16. The molecule has 0 atom stereocenters. The third-order valence-corrected chi connectivity index (χ3v) is 1.45. The molecule has 8 heavy (non-hydrogen) atoms. The van der Waals surface area contributed by atoms with Crippen molar-refractivity contribution in [3.05, 3.63) is 23.8 Å². The molecule has 0 unspecified atom stereocenters. The van der Waals surface area contributed by atoms with Gasteiger partial charge in [-0.15, -0.1) is 11.6 Å². The van der Waals surface area contributed by atoms with E-state index >= 15 is 0 Å². The second-order valence-electron chi connectivity index (χ2n) is 1.90. The van der Waals surface area contributed by atoms with E-state index in [1.165, 1.54) is 5.57 Å². The fourth-order valence-electron chi connectivity index (χ4n) is 0.798. The minimum Gasteiger partial charge on any atom is -0.126 e. The molecular weight excluding hydrogens is 120 g/mol. The van der Waals surface area contributed by atoms with Gasteiger partial charge >= 0.3 is 0 Å². The van der Waals surface area contributed by atoms with E-state index < -0.39 is 0 Å². The third-order valence-electron chi connectivity index (χ3n) is 1.26. The molecule has 0 fully saturated rings. The van der Waals surface area contributed by atoms with Crippen molar-refractivity contribution in [2.75, 3.05) is 5.88 Å². The number of allylic oxidation sites excluding steroid dienone is 4. The zero-order valence-electron chi connectivity index (χ0n) is 4.73. The first-order valence-corrected chi connectivity index (χ1v) is 3.37. The van der Waals surface area contributed by atoms with Crippen LogP contribution in [0.1, 0.15) is 12.8 Å². The van der Waals surface area contributed by atoms with Crippen LogP contribution >= 0.6 is 11.6 Å². The van der Waals surface area contributed by atoms with Crippen molar-refractivity contribution in [1.82, 2.24) is 0 Å². The number of rotatable bonds is 2. The number of alkyl halides is 1. The topological polar surface area (TPSA) is 0 Å². The molecule has 0 saturated heterocycles. The van der Waals surface area contributed by atoms with E-state index in [-0.39, 0.29) is 0 Å². The van der Waals surface area contributed by atoms with Gasteiger partial charge in [0.25, 0.3) is 0 Å². The van der Waals surface area contributed by atoms with E-state index in [0.29, 0.717) is 0 Å². The molecule has 0 saturated carbocycles. The van der Waals surface area contributed by atoms with Crippen molar-refractivity contribution >= 4 is 11.6 Å². The third kappa shape index (κ3) is 1.38. The molecule has 0 aromatic carbocycles. The van der Waals surface area contributed by atoms with Crippen LogP contribution in [0, 0.1) is 0 Å². The summed E-state index contributed by atoms with van der Waals surface area (Å²) < 4.78 is 0. The molecule has 0 bridgehead atoms. The SMILES string of the molecule is ClCCC1=CC=CC1. The lowest BCUT2D eigenvalue weighted by atomic mass is 10.2. The average Bonchev–Trinajstić information content (AvgIpc) is 2.19.